The third-order valence-corrected chi connectivity index (χ3v) is 3.65. The maximum atomic E-state index is 2.24. The van der Waals surface area contributed by atoms with Gasteiger partial charge in [-0.05, 0) is 32.7 Å². The predicted molar refractivity (Wildman–Crippen MR) is 78.1 cm³/mol. The van der Waals surface area contributed by atoms with Gasteiger partial charge in [0.1, 0.15) is 0 Å². The van der Waals surface area contributed by atoms with E-state index in [1.54, 1.807) is 0 Å². The number of hydrogen-bond donors (Lipinski definition) is 0. The van der Waals surface area contributed by atoms with Gasteiger partial charge in [0.25, 0.3) is 0 Å². The van der Waals surface area contributed by atoms with Crippen molar-refractivity contribution in [1.29, 1.82) is 0 Å². The molecule has 2 aromatic rings. The van der Waals surface area contributed by atoms with Gasteiger partial charge in [-0.25, -0.2) is 0 Å². The molecule has 0 spiro atoms. The lowest BCUT2D eigenvalue weighted by atomic mass is 10.0. The zero-order chi connectivity index (χ0) is 11.9. The highest BCUT2D eigenvalue weighted by molar-refractivity contribution is 6.11. The molecule has 0 saturated carbocycles. The Kier molecular flexibility index (Phi) is 1.92. The van der Waals surface area contributed by atoms with Crippen LogP contribution in [0.2, 0.25) is 0 Å². The normalized spacial score (nSPS) is 11.3. The Balaban J connectivity index is 2.30. The maximum Gasteiger partial charge on any atom is -0.00990 e. The molecule has 0 saturated heterocycles. The van der Waals surface area contributed by atoms with Gasteiger partial charge >= 0.3 is 0 Å². The lowest BCUT2D eigenvalue weighted by Gasteiger charge is -2.03. The SMILES string of the molecule is c1cc2cccc3c(ccc4ccccc43)c-2c1. The predicted octanol–water partition coefficient (Wildman–Crippen LogP) is 5.10. The Bertz CT molecular complexity index is 827. The molecule has 0 unspecified atom stereocenters. The molecule has 4 rings (SSSR count). The Morgan fingerprint density at radius 2 is 1.22 bits per heavy atom. The summed E-state index contributed by atoms with van der Waals surface area (Å²) in [5.41, 5.74) is 2.64. The molecule has 0 fully saturated rings. The van der Waals surface area contributed by atoms with Crippen LogP contribution in [0.4, 0.5) is 0 Å². The highest BCUT2D eigenvalue weighted by Crippen LogP contribution is 2.33. The molecule has 0 N–H and O–H groups in total. The summed E-state index contributed by atoms with van der Waals surface area (Å²) in [6.07, 6.45) is 0. The second-order valence-corrected chi connectivity index (χ2v) is 4.67. The van der Waals surface area contributed by atoms with E-state index in [9.17, 15) is 0 Å². The van der Waals surface area contributed by atoms with Gasteiger partial charge in [-0.1, -0.05) is 72.8 Å². The molecule has 18 heavy (non-hydrogen) atoms. The molecule has 0 aliphatic heterocycles. The Hall–Kier alpha value is -2.34. The molecule has 0 bridgehead atoms. The van der Waals surface area contributed by atoms with Gasteiger partial charge in [0.15, 0.2) is 0 Å². The second kappa shape index (κ2) is 3.58. The van der Waals surface area contributed by atoms with Crippen molar-refractivity contribution in [3.05, 3.63) is 72.8 Å². The van der Waals surface area contributed by atoms with Gasteiger partial charge in [0.2, 0.25) is 0 Å². The number of hydrogen-bond acceptors (Lipinski definition) is 0. The summed E-state index contributed by atoms with van der Waals surface area (Å²) in [7, 11) is 0. The van der Waals surface area contributed by atoms with Crippen LogP contribution in [0.5, 0.6) is 0 Å². The fourth-order valence-electron chi connectivity index (χ4n) is 2.78. The van der Waals surface area contributed by atoms with Crippen molar-refractivity contribution in [2.45, 2.75) is 0 Å². The van der Waals surface area contributed by atoms with Crippen molar-refractivity contribution >= 4 is 21.5 Å². The molecule has 2 aliphatic carbocycles. The summed E-state index contributed by atoms with van der Waals surface area (Å²) in [6, 6.07) is 26.1. The van der Waals surface area contributed by atoms with Gasteiger partial charge in [0.05, 0.1) is 0 Å². The van der Waals surface area contributed by atoms with Crippen LogP contribution in [0.25, 0.3) is 32.7 Å². The van der Waals surface area contributed by atoms with E-state index in [1.165, 1.54) is 32.7 Å². The Morgan fingerprint density at radius 1 is 0.444 bits per heavy atom. The van der Waals surface area contributed by atoms with Crippen LogP contribution in [0.1, 0.15) is 0 Å². The lowest BCUT2D eigenvalue weighted by Crippen LogP contribution is -1.76. The standard InChI is InChI=1S/C18H12/c1-2-8-15-14(5-1)11-12-18-16-9-3-6-13(16)7-4-10-17(15)18/h1-12H. The molecule has 2 aromatic carbocycles. The van der Waals surface area contributed by atoms with Crippen LogP contribution in [-0.4, -0.2) is 0 Å². The van der Waals surface area contributed by atoms with Crippen molar-refractivity contribution in [1.82, 2.24) is 0 Å². The van der Waals surface area contributed by atoms with Crippen molar-refractivity contribution in [3.63, 3.8) is 0 Å². The Labute approximate surface area is 106 Å². The van der Waals surface area contributed by atoms with Gasteiger partial charge in [0, 0.05) is 0 Å². The molecule has 0 amide bonds. The van der Waals surface area contributed by atoms with E-state index in [-0.39, 0.29) is 0 Å². The maximum absolute atomic E-state index is 2.24. The average molecular weight is 228 g/mol. The van der Waals surface area contributed by atoms with E-state index >= 15 is 0 Å². The smallest absolute Gasteiger partial charge is 0.00990 e. The molecule has 2 aliphatic rings. The average Bonchev–Trinajstić information content (AvgIpc) is 2.80. The van der Waals surface area contributed by atoms with E-state index in [4.69, 9.17) is 0 Å². The monoisotopic (exact) mass is 228 g/mol. The van der Waals surface area contributed by atoms with Gasteiger partial charge < -0.3 is 0 Å². The molecular formula is C18H12. The van der Waals surface area contributed by atoms with E-state index in [2.05, 4.69) is 72.8 Å². The highest BCUT2D eigenvalue weighted by Gasteiger charge is 2.06. The third kappa shape index (κ3) is 1.26. The summed E-state index contributed by atoms with van der Waals surface area (Å²) in [4.78, 5) is 0. The van der Waals surface area contributed by atoms with Crippen LogP contribution < -0.4 is 0 Å². The third-order valence-electron chi connectivity index (χ3n) is 3.65. The van der Waals surface area contributed by atoms with E-state index in [0.717, 1.165) is 0 Å². The zero-order valence-corrected chi connectivity index (χ0v) is 9.93. The van der Waals surface area contributed by atoms with Crippen LogP contribution >= 0.6 is 0 Å². The first-order valence-corrected chi connectivity index (χ1v) is 6.23. The van der Waals surface area contributed by atoms with Crippen LogP contribution in [0.3, 0.4) is 0 Å². The molecular weight excluding hydrogens is 216 g/mol. The fraction of sp³-hybridized carbons (Fsp3) is 0. The lowest BCUT2D eigenvalue weighted by molar-refractivity contribution is 1.80. The summed E-state index contributed by atoms with van der Waals surface area (Å²) in [5, 5.41) is 5.29. The first-order chi connectivity index (χ1) is 8.93. The molecule has 84 valence electrons. The molecule has 0 nitrogen and oxygen atoms in total. The first-order valence-electron chi connectivity index (χ1n) is 6.23. The van der Waals surface area contributed by atoms with E-state index < -0.39 is 0 Å². The summed E-state index contributed by atoms with van der Waals surface area (Å²) >= 11 is 0. The molecule has 0 atom stereocenters. The van der Waals surface area contributed by atoms with Crippen molar-refractivity contribution in [3.8, 4) is 11.1 Å². The van der Waals surface area contributed by atoms with Crippen molar-refractivity contribution in [2.24, 2.45) is 0 Å². The summed E-state index contributed by atoms with van der Waals surface area (Å²) in [6.45, 7) is 0. The minimum absolute atomic E-state index is 1.30. The highest BCUT2D eigenvalue weighted by atomic mass is 14.1. The van der Waals surface area contributed by atoms with Crippen molar-refractivity contribution in [2.75, 3.05) is 0 Å². The van der Waals surface area contributed by atoms with Crippen LogP contribution in [0, 0.1) is 0 Å². The zero-order valence-electron chi connectivity index (χ0n) is 9.93. The summed E-state index contributed by atoms with van der Waals surface area (Å²) in [5.74, 6) is 0. The van der Waals surface area contributed by atoms with Crippen LogP contribution in [0.15, 0.2) is 72.8 Å². The topological polar surface area (TPSA) is 0 Å². The van der Waals surface area contributed by atoms with Gasteiger partial charge in [-0.2, -0.15) is 0 Å². The minimum atomic E-state index is 1.30. The summed E-state index contributed by atoms with van der Waals surface area (Å²) < 4.78 is 0. The number of rotatable bonds is 0. The molecule has 0 aromatic heterocycles. The first kappa shape index (κ1) is 9.67. The molecule has 0 heterocycles. The van der Waals surface area contributed by atoms with E-state index in [1.807, 2.05) is 0 Å². The number of fused-ring (bicyclic) bond motifs is 5. The Morgan fingerprint density at radius 3 is 2.17 bits per heavy atom. The van der Waals surface area contributed by atoms with Gasteiger partial charge in [-0.15, -0.1) is 0 Å². The fourth-order valence-corrected chi connectivity index (χ4v) is 2.78. The van der Waals surface area contributed by atoms with E-state index in [0.29, 0.717) is 0 Å². The van der Waals surface area contributed by atoms with Crippen LogP contribution in [-0.2, 0) is 0 Å². The van der Waals surface area contributed by atoms with Crippen molar-refractivity contribution < 1.29 is 0 Å². The molecule has 0 heteroatoms. The molecule has 0 radical (unpaired) electrons. The number of benzene rings is 2. The minimum Gasteiger partial charge on any atom is -0.0616 e. The largest absolute Gasteiger partial charge is 0.0616 e. The quantitative estimate of drug-likeness (QED) is 0.393. The van der Waals surface area contributed by atoms with Gasteiger partial charge in [-0.3, -0.25) is 0 Å². The second-order valence-electron chi connectivity index (χ2n) is 4.67.